The summed E-state index contributed by atoms with van der Waals surface area (Å²) in [7, 11) is 1.51. The van der Waals surface area contributed by atoms with Crippen LogP contribution in [0.25, 0.3) is 5.57 Å². The van der Waals surface area contributed by atoms with E-state index in [2.05, 4.69) is 10.3 Å². The minimum absolute atomic E-state index is 0.0496. The van der Waals surface area contributed by atoms with Crippen LogP contribution in [-0.2, 0) is 6.42 Å². The van der Waals surface area contributed by atoms with Gasteiger partial charge in [-0.1, -0.05) is 31.2 Å². The minimum atomic E-state index is -0.374. The van der Waals surface area contributed by atoms with Crippen molar-refractivity contribution in [2.24, 2.45) is 10.7 Å². The van der Waals surface area contributed by atoms with E-state index in [-0.39, 0.29) is 18.0 Å². The summed E-state index contributed by atoms with van der Waals surface area (Å²) in [4.78, 5) is 17.5. The average molecular weight is 513 g/mol. The number of ether oxygens (including phenoxy) is 1. The molecule has 2 aliphatic rings. The second kappa shape index (κ2) is 12.4. The number of fused-ring (bicyclic) bond motifs is 1. The lowest BCUT2D eigenvalue weighted by molar-refractivity contribution is 0.0999. The van der Waals surface area contributed by atoms with Crippen molar-refractivity contribution in [3.05, 3.63) is 101 Å². The van der Waals surface area contributed by atoms with Crippen LogP contribution in [0.15, 0.2) is 83.2 Å². The van der Waals surface area contributed by atoms with Gasteiger partial charge in [0.1, 0.15) is 11.6 Å². The molecule has 1 aliphatic carbocycles. The number of nitrogens with two attached hydrogens (primary N) is 1. The van der Waals surface area contributed by atoms with Gasteiger partial charge in [-0.25, -0.2) is 4.39 Å². The maximum absolute atomic E-state index is 14.9. The first-order chi connectivity index (χ1) is 18.4. The summed E-state index contributed by atoms with van der Waals surface area (Å²) in [5.74, 6) is 0.0359. The Labute approximate surface area is 223 Å². The predicted octanol–water partition coefficient (Wildman–Crippen LogP) is 6.41. The van der Waals surface area contributed by atoms with Crippen LogP contribution in [-0.4, -0.2) is 30.9 Å². The molecule has 196 valence electrons. The molecule has 0 saturated carbocycles. The van der Waals surface area contributed by atoms with Crippen LogP contribution in [0, 0.1) is 11.2 Å². The second-order valence-corrected chi connectivity index (χ2v) is 9.17. The van der Waals surface area contributed by atoms with Gasteiger partial charge in [0.05, 0.1) is 18.5 Å². The van der Waals surface area contributed by atoms with E-state index in [1.54, 1.807) is 18.3 Å². The standard InChI is InChI=1S/C31H33FN4O2/c1-3-20-16-22(11-13-24(20)30(37)17-21(34)8-7-15-33)36-29-10-6-4-5-9-26-27(19-35-31(26)29)25-14-12-23(38-2)18-28(25)32/h4-5,9-14,16,18-19,34,36H,3,6-8,15,17,33H2,1-2H3/b5-4-,26-9-,29-10-,34-21?. The maximum atomic E-state index is 14.9. The molecule has 0 aromatic heterocycles. The molecule has 0 saturated heterocycles. The molecule has 2 aromatic carbocycles. The van der Waals surface area contributed by atoms with Crippen molar-refractivity contribution >= 4 is 28.5 Å². The van der Waals surface area contributed by atoms with Gasteiger partial charge in [0.2, 0.25) is 0 Å². The monoisotopic (exact) mass is 512 g/mol. The van der Waals surface area contributed by atoms with Crippen molar-refractivity contribution in [3.8, 4) is 5.75 Å². The molecule has 0 amide bonds. The Hall–Kier alpha value is -4.10. The third-order valence-corrected chi connectivity index (χ3v) is 6.57. The van der Waals surface area contributed by atoms with Crippen molar-refractivity contribution in [2.75, 3.05) is 19.0 Å². The summed E-state index contributed by atoms with van der Waals surface area (Å²) in [5.41, 5.74) is 11.8. The maximum Gasteiger partial charge on any atom is 0.168 e. The highest BCUT2D eigenvalue weighted by atomic mass is 19.1. The highest BCUT2D eigenvalue weighted by Crippen LogP contribution is 2.35. The number of nitrogens with zero attached hydrogens (tertiary/aromatic N) is 1. The van der Waals surface area contributed by atoms with Crippen LogP contribution < -0.4 is 15.8 Å². The van der Waals surface area contributed by atoms with Crippen LogP contribution in [0.3, 0.4) is 0 Å². The molecular weight excluding hydrogens is 479 g/mol. The van der Waals surface area contributed by atoms with Crippen LogP contribution >= 0.6 is 0 Å². The van der Waals surface area contributed by atoms with Gasteiger partial charge in [-0.3, -0.25) is 9.79 Å². The molecule has 0 fully saturated rings. The molecule has 4 rings (SSSR count). The van der Waals surface area contributed by atoms with E-state index in [1.807, 2.05) is 49.4 Å². The molecule has 0 bridgehead atoms. The van der Waals surface area contributed by atoms with E-state index >= 15 is 0 Å². The average Bonchev–Trinajstić information content (AvgIpc) is 3.31. The summed E-state index contributed by atoms with van der Waals surface area (Å²) < 4.78 is 20.1. The molecule has 6 nitrogen and oxygen atoms in total. The lowest BCUT2D eigenvalue weighted by Crippen LogP contribution is -2.15. The number of halogens is 1. The fourth-order valence-electron chi connectivity index (χ4n) is 4.55. The molecule has 2 aromatic rings. The number of hydrogen-bond acceptors (Lipinski definition) is 6. The van der Waals surface area contributed by atoms with Gasteiger partial charge in [-0.2, -0.15) is 0 Å². The Bertz CT molecular complexity index is 1400. The number of allylic oxidation sites excluding steroid dienone is 6. The number of aliphatic imine (C=N–C) groups is 1. The van der Waals surface area contributed by atoms with E-state index in [1.165, 1.54) is 13.2 Å². The van der Waals surface area contributed by atoms with Crippen molar-refractivity contribution in [3.63, 3.8) is 0 Å². The fraction of sp³-hybridized carbons (Fsp3) is 0.258. The number of carbonyl (C=O) groups is 1. The third-order valence-electron chi connectivity index (χ3n) is 6.57. The van der Waals surface area contributed by atoms with Gasteiger partial charge in [0.25, 0.3) is 0 Å². The number of methoxy groups -OCH3 is 1. The van der Waals surface area contributed by atoms with E-state index < -0.39 is 0 Å². The number of benzene rings is 2. The van der Waals surface area contributed by atoms with Crippen molar-refractivity contribution in [1.82, 2.24) is 0 Å². The molecule has 0 unspecified atom stereocenters. The van der Waals surface area contributed by atoms with Crippen molar-refractivity contribution in [2.45, 2.75) is 39.0 Å². The molecule has 1 aliphatic heterocycles. The summed E-state index contributed by atoms with van der Waals surface area (Å²) in [6, 6.07) is 10.5. The van der Waals surface area contributed by atoms with Gasteiger partial charge in [0.15, 0.2) is 5.78 Å². The number of aryl methyl sites for hydroxylation is 1. The van der Waals surface area contributed by atoms with Crippen LogP contribution in [0.4, 0.5) is 10.1 Å². The summed E-state index contributed by atoms with van der Waals surface area (Å²) in [5, 5.41) is 11.6. The lowest BCUT2D eigenvalue weighted by atomic mass is 9.93. The number of ketones is 1. The van der Waals surface area contributed by atoms with E-state index in [9.17, 15) is 9.18 Å². The Morgan fingerprint density at radius 2 is 2.05 bits per heavy atom. The molecule has 7 heteroatoms. The first-order valence-electron chi connectivity index (χ1n) is 12.8. The molecular formula is C31H33FN4O2. The van der Waals surface area contributed by atoms with E-state index in [4.69, 9.17) is 15.9 Å². The molecule has 0 spiro atoms. The summed E-state index contributed by atoms with van der Waals surface area (Å²) in [6.45, 7) is 2.52. The van der Waals surface area contributed by atoms with Crippen LogP contribution in [0.5, 0.6) is 5.75 Å². The smallest absolute Gasteiger partial charge is 0.168 e. The third kappa shape index (κ3) is 6.06. The zero-order valence-electron chi connectivity index (χ0n) is 21.8. The largest absolute Gasteiger partial charge is 0.497 e. The summed E-state index contributed by atoms with van der Waals surface area (Å²) in [6.07, 6.45) is 12.4. The van der Waals surface area contributed by atoms with E-state index in [0.717, 1.165) is 28.2 Å². The highest BCUT2D eigenvalue weighted by Gasteiger charge is 2.25. The van der Waals surface area contributed by atoms with Crippen molar-refractivity contribution < 1.29 is 13.9 Å². The summed E-state index contributed by atoms with van der Waals surface area (Å²) >= 11 is 0. The first-order valence-corrected chi connectivity index (χ1v) is 12.8. The SMILES string of the molecule is CCc1cc(N/C2=C\C/C=C\C=C3\C(c4ccc(OC)cc4F)=CN=C23)ccc1C(=O)CC(=N)CCCN. The van der Waals surface area contributed by atoms with E-state index in [0.29, 0.717) is 60.4 Å². The Balaban J connectivity index is 1.55. The topological polar surface area (TPSA) is 101 Å². The fourth-order valence-corrected chi connectivity index (χ4v) is 4.55. The predicted molar refractivity (Wildman–Crippen MR) is 153 cm³/mol. The Morgan fingerprint density at radius 1 is 1.21 bits per heavy atom. The first kappa shape index (κ1) is 26.9. The molecule has 0 atom stereocenters. The molecule has 1 heterocycles. The number of anilines is 1. The molecule has 38 heavy (non-hydrogen) atoms. The number of carbonyl (C=O) groups excluding carboxylic acids is 1. The number of Topliss-reactive ketones (excluding diaryl/α,β-unsaturated/α-hetero) is 1. The second-order valence-electron chi connectivity index (χ2n) is 9.17. The highest BCUT2D eigenvalue weighted by molar-refractivity contribution is 6.25. The Morgan fingerprint density at radius 3 is 2.79 bits per heavy atom. The molecule has 0 radical (unpaired) electrons. The van der Waals surface area contributed by atoms with Crippen molar-refractivity contribution in [1.29, 1.82) is 5.41 Å². The van der Waals surface area contributed by atoms with Crippen LogP contribution in [0.2, 0.25) is 0 Å². The molecule has 4 N–H and O–H groups in total. The number of nitrogens with one attached hydrogen (secondary N) is 2. The van der Waals surface area contributed by atoms with Gasteiger partial charge < -0.3 is 21.2 Å². The van der Waals surface area contributed by atoms with Gasteiger partial charge in [0, 0.05) is 52.4 Å². The number of hydrogen-bond donors (Lipinski definition) is 3. The van der Waals surface area contributed by atoms with Gasteiger partial charge in [-0.15, -0.1) is 0 Å². The Kier molecular flexibility index (Phi) is 8.81. The van der Waals surface area contributed by atoms with Crippen LogP contribution in [0.1, 0.15) is 54.1 Å². The number of rotatable bonds is 11. The lowest BCUT2D eigenvalue weighted by Gasteiger charge is -2.17. The quantitative estimate of drug-likeness (QED) is 0.239. The van der Waals surface area contributed by atoms with Gasteiger partial charge >= 0.3 is 0 Å². The minimum Gasteiger partial charge on any atom is -0.497 e. The zero-order valence-corrected chi connectivity index (χ0v) is 21.8. The normalized spacial score (nSPS) is 18.0. The zero-order chi connectivity index (χ0) is 27.1. The van der Waals surface area contributed by atoms with Gasteiger partial charge in [-0.05, 0) is 68.1 Å².